The highest BCUT2D eigenvalue weighted by Crippen LogP contribution is 2.37. The molecule has 8 nitrogen and oxygen atoms in total. The van der Waals surface area contributed by atoms with Gasteiger partial charge in [0, 0.05) is 50.6 Å². The van der Waals surface area contributed by atoms with Crippen molar-refractivity contribution in [1.82, 2.24) is 29.9 Å². The number of fused-ring (bicyclic) bond motifs is 8. The number of hydrogen-bond donors (Lipinski definition) is 0. The number of benzene rings is 8. The Balaban J connectivity index is 0.000000119. The Bertz CT molecular complexity index is 3880. The number of nitrogens with zero attached hydrogens (tertiary/aromatic N) is 6. The van der Waals surface area contributed by atoms with E-state index in [0.29, 0.717) is 5.15 Å². The van der Waals surface area contributed by atoms with E-state index in [-0.39, 0.29) is 18.3 Å². The first-order valence-electron chi connectivity index (χ1n) is 23.3. The fourth-order valence-corrected chi connectivity index (χ4v) is 9.01. The second-order valence-electron chi connectivity index (χ2n) is 18.3. The van der Waals surface area contributed by atoms with Crippen LogP contribution in [0.2, 0.25) is 5.15 Å². The molecule has 0 saturated carbocycles. The SMILES string of the molecule is CC1(C)OB(c2ccc3c(c2)ncc2ccccc23)OC1(C)C.Clc1nc2ccccc2nc1-c1ccccc1.c1ccc(-c2nc3ccccc3nc2-c2ccc3c(c2)ncc2ccccc23)cc1. The third-order valence-corrected chi connectivity index (χ3v) is 13.5. The standard InChI is InChI=1S/C27H17N3.C19H20BNO2.C14H9ClN2/c1-2-8-18(9-3-1)26-27(30-24-13-7-6-12-23(24)29-26)19-14-15-22-21-11-5-4-10-20(21)17-28-25(22)16-19;1-18(2)19(3,4)23-20(22-18)14-9-10-16-15-8-6-5-7-13(15)12-21-17(16)11-14;15-14-13(10-6-2-1-3-7-10)16-11-8-4-5-9-12(11)17-14/h1-17H;5-12H,1-4H3;1-9H. The Labute approximate surface area is 411 Å². The summed E-state index contributed by atoms with van der Waals surface area (Å²) in [6.07, 6.45) is 3.86. The van der Waals surface area contributed by atoms with Gasteiger partial charge in [0.05, 0.1) is 55.7 Å². The fourth-order valence-electron chi connectivity index (χ4n) is 8.77. The van der Waals surface area contributed by atoms with Crippen LogP contribution in [0.4, 0.5) is 0 Å². The van der Waals surface area contributed by atoms with E-state index in [1.54, 1.807) is 0 Å². The molecule has 12 aromatic rings. The van der Waals surface area contributed by atoms with E-state index in [1.165, 1.54) is 10.8 Å². The largest absolute Gasteiger partial charge is 0.494 e. The molecule has 0 atom stereocenters. The average molecular weight is 929 g/mol. The van der Waals surface area contributed by atoms with Gasteiger partial charge in [0.1, 0.15) is 5.69 Å². The summed E-state index contributed by atoms with van der Waals surface area (Å²) in [5.41, 5.74) is 11.3. The van der Waals surface area contributed by atoms with Gasteiger partial charge in [0.25, 0.3) is 0 Å². The van der Waals surface area contributed by atoms with Crippen molar-refractivity contribution in [2.45, 2.75) is 38.9 Å². The summed E-state index contributed by atoms with van der Waals surface area (Å²) in [5, 5.41) is 7.47. The van der Waals surface area contributed by atoms with Gasteiger partial charge in [0.2, 0.25) is 0 Å². The van der Waals surface area contributed by atoms with Crippen molar-refractivity contribution in [2.24, 2.45) is 0 Å². The number of hydrogen-bond acceptors (Lipinski definition) is 8. The number of rotatable bonds is 4. The highest BCUT2D eigenvalue weighted by atomic mass is 35.5. The van der Waals surface area contributed by atoms with E-state index in [0.717, 1.165) is 93.9 Å². The number of pyridine rings is 2. The van der Waals surface area contributed by atoms with E-state index < -0.39 is 0 Å². The topological polar surface area (TPSA) is 95.8 Å². The van der Waals surface area contributed by atoms with Crippen LogP contribution in [0.25, 0.3) is 99.2 Å². The molecule has 1 fully saturated rings. The van der Waals surface area contributed by atoms with Crippen molar-refractivity contribution in [3.8, 4) is 33.8 Å². The molecule has 338 valence electrons. The van der Waals surface area contributed by atoms with Crippen LogP contribution in [0.1, 0.15) is 27.7 Å². The van der Waals surface area contributed by atoms with Crippen molar-refractivity contribution >= 4 is 89.6 Å². The van der Waals surface area contributed by atoms with Crippen LogP contribution >= 0.6 is 11.6 Å². The molecule has 5 heterocycles. The molecule has 0 radical (unpaired) electrons. The van der Waals surface area contributed by atoms with Crippen LogP contribution in [0, 0.1) is 0 Å². The molecule has 0 spiro atoms. The molecule has 10 heteroatoms. The van der Waals surface area contributed by atoms with Gasteiger partial charge in [-0.05, 0) is 80.3 Å². The van der Waals surface area contributed by atoms with Gasteiger partial charge >= 0.3 is 7.12 Å². The van der Waals surface area contributed by atoms with Crippen LogP contribution in [0.3, 0.4) is 0 Å². The highest BCUT2D eigenvalue weighted by molar-refractivity contribution is 6.62. The van der Waals surface area contributed by atoms with Crippen molar-refractivity contribution in [3.05, 3.63) is 212 Å². The van der Waals surface area contributed by atoms with E-state index >= 15 is 0 Å². The third-order valence-electron chi connectivity index (χ3n) is 13.2. The summed E-state index contributed by atoms with van der Waals surface area (Å²) in [4.78, 5) is 28.2. The quantitative estimate of drug-likeness (QED) is 0.127. The summed E-state index contributed by atoms with van der Waals surface area (Å²) in [6, 6.07) is 65.1. The maximum atomic E-state index is 6.16. The zero-order chi connectivity index (χ0) is 47.8. The van der Waals surface area contributed by atoms with Crippen molar-refractivity contribution < 1.29 is 9.31 Å². The monoisotopic (exact) mass is 928 g/mol. The first-order chi connectivity index (χ1) is 34.1. The van der Waals surface area contributed by atoms with Gasteiger partial charge in [-0.25, -0.2) is 19.9 Å². The molecule has 0 bridgehead atoms. The van der Waals surface area contributed by atoms with Gasteiger partial charge in [-0.1, -0.05) is 169 Å². The molecule has 1 saturated heterocycles. The van der Waals surface area contributed by atoms with E-state index in [2.05, 4.69) is 128 Å². The minimum atomic E-state index is -0.349. The molecular formula is C60H46BClN6O2. The van der Waals surface area contributed by atoms with Gasteiger partial charge < -0.3 is 9.31 Å². The summed E-state index contributed by atoms with van der Waals surface area (Å²) in [6.45, 7) is 8.28. The molecule has 0 N–H and O–H groups in total. The van der Waals surface area contributed by atoms with Crippen molar-refractivity contribution in [1.29, 1.82) is 0 Å². The summed E-state index contributed by atoms with van der Waals surface area (Å²) < 4.78 is 12.3. The van der Waals surface area contributed by atoms with Gasteiger partial charge in [-0.2, -0.15) is 0 Å². The molecule has 1 aliphatic heterocycles. The second-order valence-corrected chi connectivity index (χ2v) is 18.6. The molecule has 0 aliphatic carbocycles. The van der Waals surface area contributed by atoms with Crippen molar-refractivity contribution in [2.75, 3.05) is 0 Å². The van der Waals surface area contributed by atoms with Crippen LogP contribution in [-0.4, -0.2) is 48.2 Å². The summed E-state index contributed by atoms with van der Waals surface area (Å²) >= 11 is 6.16. The predicted octanol–water partition coefficient (Wildman–Crippen LogP) is 14.3. The Morgan fingerprint density at radius 3 is 1.33 bits per heavy atom. The summed E-state index contributed by atoms with van der Waals surface area (Å²) in [5.74, 6) is 0. The molecule has 0 amide bonds. The molecule has 8 aromatic carbocycles. The predicted molar refractivity (Wildman–Crippen MR) is 288 cm³/mol. The van der Waals surface area contributed by atoms with E-state index in [9.17, 15) is 0 Å². The fraction of sp³-hybridized carbons (Fsp3) is 0.100. The number of halogens is 1. The first kappa shape index (κ1) is 44.6. The first-order valence-corrected chi connectivity index (χ1v) is 23.7. The molecule has 0 unspecified atom stereocenters. The zero-order valence-corrected chi connectivity index (χ0v) is 39.8. The lowest BCUT2D eigenvalue weighted by atomic mass is 9.78. The molecule has 4 aromatic heterocycles. The molecular weight excluding hydrogens is 883 g/mol. The van der Waals surface area contributed by atoms with Crippen LogP contribution < -0.4 is 5.46 Å². The van der Waals surface area contributed by atoms with Crippen LogP contribution in [0.5, 0.6) is 0 Å². The molecule has 70 heavy (non-hydrogen) atoms. The normalized spacial score (nSPS) is 13.9. The van der Waals surface area contributed by atoms with Crippen LogP contribution in [-0.2, 0) is 9.31 Å². The Kier molecular flexibility index (Phi) is 11.8. The second kappa shape index (κ2) is 18.5. The maximum absolute atomic E-state index is 6.16. The smallest absolute Gasteiger partial charge is 0.399 e. The lowest BCUT2D eigenvalue weighted by Gasteiger charge is -2.32. The molecule has 13 rings (SSSR count). The minimum absolute atomic E-state index is 0.330. The minimum Gasteiger partial charge on any atom is -0.399 e. The van der Waals surface area contributed by atoms with Gasteiger partial charge in [0.15, 0.2) is 5.15 Å². The molecule has 1 aliphatic rings. The maximum Gasteiger partial charge on any atom is 0.494 e. The highest BCUT2D eigenvalue weighted by Gasteiger charge is 2.51. The van der Waals surface area contributed by atoms with Gasteiger partial charge in [-0.15, -0.1) is 0 Å². The number of para-hydroxylation sites is 4. The average Bonchev–Trinajstić information content (AvgIpc) is 3.63. The van der Waals surface area contributed by atoms with Crippen molar-refractivity contribution in [3.63, 3.8) is 0 Å². The number of aromatic nitrogens is 6. The lowest BCUT2D eigenvalue weighted by molar-refractivity contribution is 0.00578. The Morgan fingerprint density at radius 2 is 0.786 bits per heavy atom. The third kappa shape index (κ3) is 8.71. The Morgan fingerprint density at radius 1 is 0.371 bits per heavy atom. The van der Waals surface area contributed by atoms with Crippen LogP contribution in [0.15, 0.2) is 207 Å². The zero-order valence-electron chi connectivity index (χ0n) is 39.1. The summed E-state index contributed by atoms with van der Waals surface area (Å²) in [7, 11) is -0.349. The lowest BCUT2D eigenvalue weighted by Crippen LogP contribution is -2.41. The van der Waals surface area contributed by atoms with Gasteiger partial charge in [-0.3, -0.25) is 9.97 Å². The van der Waals surface area contributed by atoms with E-state index in [1.807, 2.05) is 122 Å². The Hall–Kier alpha value is -7.95. The van der Waals surface area contributed by atoms with E-state index in [4.69, 9.17) is 35.9 Å².